The topological polar surface area (TPSA) is 17.1 Å². The number of hydrogen-bond donors (Lipinski definition) is 0. The van der Waals surface area contributed by atoms with Crippen molar-refractivity contribution in [2.24, 2.45) is 11.8 Å². The molecular formula is C17H23ClO. The number of hydrogen-bond acceptors (Lipinski definition) is 1. The average Bonchev–Trinajstić information content (AvgIpc) is 3.13. The molecule has 2 aliphatic rings. The van der Waals surface area contributed by atoms with Crippen molar-refractivity contribution < 1.29 is 4.79 Å². The van der Waals surface area contributed by atoms with Gasteiger partial charge < -0.3 is 0 Å². The molecule has 1 nitrogen and oxygen atoms in total. The first-order valence-electron chi connectivity index (χ1n) is 7.51. The number of Topliss-reactive ketones (excluding diaryl/α,β-unsaturated/α-hetero) is 1. The smallest absolute Gasteiger partial charge is 0.139 e. The molecule has 0 aliphatic heterocycles. The van der Waals surface area contributed by atoms with Crippen LogP contribution >= 0.6 is 11.6 Å². The second-order valence-corrected chi connectivity index (χ2v) is 6.10. The number of benzene rings is 1. The van der Waals surface area contributed by atoms with Crippen LogP contribution in [-0.2, 0) is 4.79 Å². The Morgan fingerprint density at radius 3 is 1.58 bits per heavy atom. The summed E-state index contributed by atoms with van der Waals surface area (Å²) in [7, 11) is 0. The molecule has 0 bridgehead atoms. The number of carbonyl (C=O) groups excluding carboxylic acids is 1. The van der Waals surface area contributed by atoms with E-state index in [0.717, 1.165) is 5.02 Å². The molecule has 0 radical (unpaired) electrons. The fraction of sp³-hybridized carbons (Fsp3) is 0.588. The molecule has 1 aromatic carbocycles. The second-order valence-electron chi connectivity index (χ2n) is 5.66. The molecule has 0 aromatic heterocycles. The quantitative estimate of drug-likeness (QED) is 0.720. The fourth-order valence-electron chi connectivity index (χ4n) is 3.17. The molecule has 19 heavy (non-hydrogen) atoms. The van der Waals surface area contributed by atoms with Crippen molar-refractivity contribution in [3.63, 3.8) is 0 Å². The zero-order chi connectivity index (χ0) is 13.5. The summed E-state index contributed by atoms with van der Waals surface area (Å²) in [5.41, 5.74) is 0. The van der Waals surface area contributed by atoms with Gasteiger partial charge in [-0.15, -0.1) is 0 Å². The lowest BCUT2D eigenvalue weighted by Crippen LogP contribution is -2.19. The number of carbonyl (C=O) groups is 1. The summed E-state index contributed by atoms with van der Waals surface area (Å²) in [6.45, 7) is 0. The molecular weight excluding hydrogens is 256 g/mol. The third-order valence-electron chi connectivity index (χ3n) is 4.25. The first-order valence-corrected chi connectivity index (χ1v) is 7.89. The van der Waals surface area contributed by atoms with E-state index in [0.29, 0.717) is 17.6 Å². The predicted molar refractivity (Wildman–Crippen MR) is 80.4 cm³/mol. The normalized spacial score (nSPS) is 20.1. The highest BCUT2D eigenvalue weighted by molar-refractivity contribution is 6.30. The van der Waals surface area contributed by atoms with Crippen LogP contribution in [0.2, 0.25) is 5.02 Å². The van der Waals surface area contributed by atoms with Crippen molar-refractivity contribution in [1.82, 2.24) is 0 Å². The van der Waals surface area contributed by atoms with E-state index in [-0.39, 0.29) is 0 Å². The SMILES string of the molecule is Clc1ccccc1.O=C(C1CCCC1)C1CCCC1. The average molecular weight is 279 g/mol. The first-order chi connectivity index (χ1) is 9.27. The molecule has 0 N–H and O–H groups in total. The lowest BCUT2D eigenvalue weighted by molar-refractivity contribution is -0.126. The Morgan fingerprint density at radius 2 is 1.26 bits per heavy atom. The van der Waals surface area contributed by atoms with Crippen LogP contribution in [0.3, 0.4) is 0 Å². The van der Waals surface area contributed by atoms with Gasteiger partial charge >= 0.3 is 0 Å². The van der Waals surface area contributed by atoms with Gasteiger partial charge in [-0.25, -0.2) is 0 Å². The molecule has 1 aromatic rings. The maximum atomic E-state index is 11.8. The van der Waals surface area contributed by atoms with Crippen molar-refractivity contribution in [2.75, 3.05) is 0 Å². The summed E-state index contributed by atoms with van der Waals surface area (Å²) in [6.07, 6.45) is 9.94. The van der Waals surface area contributed by atoms with Crippen molar-refractivity contribution in [3.05, 3.63) is 35.4 Å². The van der Waals surface area contributed by atoms with Crippen molar-refractivity contribution in [2.45, 2.75) is 51.4 Å². The Bertz CT molecular complexity index is 358. The summed E-state index contributed by atoms with van der Waals surface area (Å²) in [4.78, 5) is 11.8. The standard InChI is InChI=1S/C11H18O.C6H5Cl/c12-11(9-5-1-2-6-9)10-7-3-4-8-10;7-6-4-2-1-3-5-6/h9-10H,1-8H2;1-5H. The molecule has 0 atom stereocenters. The molecule has 2 saturated carbocycles. The van der Waals surface area contributed by atoms with Crippen LogP contribution in [0.25, 0.3) is 0 Å². The van der Waals surface area contributed by atoms with E-state index < -0.39 is 0 Å². The van der Waals surface area contributed by atoms with Gasteiger partial charge in [0.2, 0.25) is 0 Å². The monoisotopic (exact) mass is 278 g/mol. The van der Waals surface area contributed by atoms with Gasteiger partial charge in [0.1, 0.15) is 5.78 Å². The zero-order valence-corrected chi connectivity index (χ0v) is 12.2. The highest BCUT2D eigenvalue weighted by Gasteiger charge is 2.30. The maximum Gasteiger partial charge on any atom is 0.139 e. The predicted octanol–water partition coefficient (Wildman–Crippen LogP) is 5.28. The van der Waals surface area contributed by atoms with Crippen LogP contribution in [0.5, 0.6) is 0 Å². The number of halogens is 1. The van der Waals surface area contributed by atoms with E-state index in [1.54, 1.807) is 0 Å². The minimum atomic E-state index is 0.466. The van der Waals surface area contributed by atoms with E-state index in [1.807, 2.05) is 30.3 Å². The van der Waals surface area contributed by atoms with Gasteiger partial charge in [-0.1, -0.05) is 55.5 Å². The van der Waals surface area contributed by atoms with Crippen LogP contribution in [0.1, 0.15) is 51.4 Å². The number of rotatable bonds is 2. The van der Waals surface area contributed by atoms with Crippen LogP contribution in [0, 0.1) is 11.8 Å². The van der Waals surface area contributed by atoms with Crippen molar-refractivity contribution in [1.29, 1.82) is 0 Å². The van der Waals surface area contributed by atoms with E-state index in [4.69, 9.17) is 11.6 Å². The molecule has 0 heterocycles. The Hall–Kier alpha value is -0.820. The largest absolute Gasteiger partial charge is 0.299 e. The summed E-state index contributed by atoms with van der Waals surface area (Å²) in [5, 5.41) is 0.794. The second kappa shape index (κ2) is 7.69. The van der Waals surface area contributed by atoms with Crippen LogP contribution < -0.4 is 0 Å². The van der Waals surface area contributed by atoms with Crippen molar-refractivity contribution >= 4 is 17.4 Å². The van der Waals surface area contributed by atoms with Gasteiger partial charge in [-0.3, -0.25) is 4.79 Å². The summed E-state index contributed by atoms with van der Waals surface area (Å²) >= 11 is 5.54. The third-order valence-corrected chi connectivity index (χ3v) is 4.50. The molecule has 3 rings (SSSR count). The Labute approximate surface area is 121 Å². The summed E-state index contributed by atoms with van der Waals surface area (Å²) in [5.74, 6) is 1.55. The first kappa shape index (κ1) is 14.6. The molecule has 0 amide bonds. The minimum Gasteiger partial charge on any atom is -0.299 e. The van der Waals surface area contributed by atoms with Gasteiger partial charge in [-0.2, -0.15) is 0 Å². The summed E-state index contributed by atoms with van der Waals surface area (Å²) < 4.78 is 0. The highest BCUT2D eigenvalue weighted by atomic mass is 35.5. The van der Waals surface area contributed by atoms with Crippen molar-refractivity contribution in [3.8, 4) is 0 Å². The lowest BCUT2D eigenvalue weighted by atomic mass is 9.90. The Kier molecular flexibility index (Phi) is 5.91. The van der Waals surface area contributed by atoms with E-state index >= 15 is 0 Å². The fourth-order valence-corrected chi connectivity index (χ4v) is 3.31. The van der Waals surface area contributed by atoms with Gasteiger partial charge in [0, 0.05) is 16.9 Å². The molecule has 0 saturated heterocycles. The van der Waals surface area contributed by atoms with Gasteiger partial charge in [-0.05, 0) is 37.8 Å². The Morgan fingerprint density at radius 1 is 0.842 bits per heavy atom. The Balaban J connectivity index is 0.000000163. The highest BCUT2D eigenvalue weighted by Crippen LogP contribution is 2.34. The zero-order valence-electron chi connectivity index (χ0n) is 11.5. The molecule has 0 unspecified atom stereocenters. The molecule has 2 aliphatic carbocycles. The summed E-state index contributed by atoms with van der Waals surface area (Å²) in [6, 6.07) is 9.44. The van der Waals surface area contributed by atoms with Crippen LogP contribution in [0.4, 0.5) is 0 Å². The third kappa shape index (κ3) is 4.65. The van der Waals surface area contributed by atoms with Crippen LogP contribution in [0.15, 0.2) is 30.3 Å². The van der Waals surface area contributed by atoms with Gasteiger partial charge in [0.25, 0.3) is 0 Å². The van der Waals surface area contributed by atoms with Gasteiger partial charge in [0.05, 0.1) is 0 Å². The van der Waals surface area contributed by atoms with E-state index in [2.05, 4.69) is 0 Å². The minimum absolute atomic E-state index is 0.466. The van der Waals surface area contributed by atoms with E-state index in [9.17, 15) is 4.79 Å². The molecule has 2 fully saturated rings. The van der Waals surface area contributed by atoms with Gasteiger partial charge in [0.15, 0.2) is 0 Å². The molecule has 2 heteroatoms. The van der Waals surface area contributed by atoms with E-state index in [1.165, 1.54) is 51.4 Å². The number of ketones is 1. The molecule has 104 valence electrons. The lowest BCUT2D eigenvalue weighted by Gasteiger charge is -2.12. The molecule has 0 spiro atoms. The van der Waals surface area contributed by atoms with Crippen LogP contribution in [-0.4, -0.2) is 5.78 Å². The maximum absolute atomic E-state index is 11.8.